The third-order valence-corrected chi connectivity index (χ3v) is 6.15. The molecule has 2 aliphatic heterocycles. The van der Waals surface area contributed by atoms with Gasteiger partial charge >= 0.3 is 6.09 Å². The van der Waals surface area contributed by atoms with Gasteiger partial charge in [0, 0.05) is 37.8 Å². The highest BCUT2D eigenvalue weighted by molar-refractivity contribution is 6.33. The fraction of sp³-hybridized carbons (Fsp3) is 0.320. The fourth-order valence-electron chi connectivity index (χ4n) is 4.19. The van der Waals surface area contributed by atoms with Crippen LogP contribution in [-0.4, -0.2) is 55.9 Å². The number of para-hydroxylation sites is 1. The lowest BCUT2D eigenvalue weighted by molar-refractivity contribution is -0.114. The molecular weight excluding hydrogens is 404 g/mol. The Morgan fingerprint density at radius 3 is 2.28 bits per heavy atom. The molecule has 32 heavy (non-hydrogen) atoms. The molecule has 1 saturated heterocycles. The van der Waals surface area contributed by atoms with E-state index in [2.05, 4.69) is 22.1 Å². The summed E-state index contributed by atoms with van der Waals surface area (Å²) in [5.74, 6) is 0.311. The molecule has 1 saturated carbocycles. The van der Waals surface area contributed by atoms with Crippen LogP contribution in [0.3, 0.4) is 0 Å². The van der Waals surface area contributed by atoms with Gasteiger partial charge in [-0.25, -0.2) is 4.79 Å². The van der Waals surface area contributed by atoms with Crippen LogP contribution in [0.25, 0.3) is 6.08 Å². The first-order chi connectivity index (χ1) is 15.6. The van der Waals surface area contributed by atoms with Gasteiger partial charge in [0.05, 0.1) is 24.1 Å². The summed E-state index contributed by atoms with van der Waals surface area (Å²) >= 11 is 0. The number of rotatable bonds is 4. The Morgan fingerprint density at radius 1 is 0.969 bits per heavy atom. The first-order valence-electron chi connectivity index (χ1n) is 11.0. The van der Waals surface area contributed by atoms with Gasteiger partial charge in [0.1, 0.15) is 0 Å². The molecule has 0 radical (unpaired) electrons. The van der Waals surface area contributed by atoms with Gasteiger partial charge < -0.3 is 14.5 Å². The second-order valence-corrected chi connectivity index (χ2v) is 8.31. The molecule has 2 aromatic rings. The number of benzene rings is 2. The molecule has 164 valence electrons. The van der Waals surface area contributed by atoms with Crippen LogP contribution in [0.1, 0.15) is 18.4 Å². The van der Waals surface area contributed by atoms with E-state index in [-0.39, 0.29) is 12.0 Å². The minimum absolute atomic E-state index is 0.0684. The molecule has 2 heterocycles. The Bertz CT molecular complexity index is 1070. The molecule has 0 spiro atoms. The lowest BCUT2D eigenvalue weighted by Gasteiger charge is -2.35. The molecule has 7 nitrogen and oxygen atoms in total. The van der Waals surface area contributed by atoms with Crippen LogP contribution in [-0.2, 0) is 9.53 Å². The summed E-state index contributed by atoms with van der Waals surface area (Å²) in [6.45, 7) is 2.81. The molecule has 2 aromatic carbocycles. The van der Waals surface area contributed by atoms with Gasteiger partial charge in [-0.05, 0) is 48.7 Å². The first-order valence-corrected chi connectivity index (χ1v) is 11.0. The highest BCUT2D eigenvalue weighted by Gasteiger charge is 2.39. The number of hydrogen-bond donors (Lipinski definition) is 0. The standard InChI is InChI=1S/C25H26N4O3/c1-32-25(31)28-15-13-27(14-16-28)20-11-7-18(8-12-20)17-22-23(19-9-10-19)26-29(24(22)30)21-5-3-2-4-6-21/h2-8,11-12,17,19H,9-10,13-16H2,1H3/b22-17-. The van der Waals surface area contributed by atoms with Gasteiger partial charge in [0.25, 0.3) is 5.91 Å². The maximum atomic E-state index is 13.2. The monoisotopic (exact) mass is 430 g/mol. The molecule has 0 atom stereocenters. The number of piperazine rings is 1. The molecule has 2 amide bonds. The van der Waals surface area contributed by atoms with Crippen molar-refractivity contribution in [2.75, 3.05) is 43.2 Å². The highest BCUT2D eigenvalue weighted by atomic mass is 16.5. The normalized spacial score (nSPS) is 20.0. The van der Waals surface area contributed by atoms with E-state index >= 15 is 0 Å². The Morgan fingerprint density at radius 2 is 1.66 bits per heavy atom. The van der Waals surface area contributed by atoms with Crippen molar-refractivity contribution in [2.45, 2.75) is 12.8 Å². The van der Waals surface area contributed by atoms with Crippen molar-refractivity contribution in [3.63, 3.8) is 0 Å². The van der Waals surface area contributed by atoms with Crippen LogP contribution < -0.4 is 9.91 Å². The van der Waals surface area contributed by atoms with Crippen molar-refractivity contribution in [3.05, 3.63) is 65.7 Å². The minimum atomic E-state index is -0.273. The van der Waals surface area contributed by atoms with Gasteiger partial charge in [0.15, 0.2) is 0 Å². The molecule has 7 heteroatoms. The molecule has 0 N–H and O–H groups in total. The Kier molecular flexibility index (Phi) is 5.39. The third-order valence-electron chi connectivity index (χ3n) is 6.15. The van der Waals surface area contributed by atoms with Gasteiger partial charge in [-0.3, -0.25) is 4.79 Å². The van der Waals surface area contributed by atoms with E-state index in [0.717, 1.165) is 48.6 Å². The van der Waals surface area contributed by atoms with Crippen LogP contribution in [0, 0.1) is 5.92 Å². The summed E-state index contributed by atoms with van der Waals surface area (Å²) in [5, 5.41) is 6.20. The minimum Gasteiger partial charge on any atom is -0.453 e. The first kappa shape index (κ1) is 20.3. The van der Waals surface area contributed by atoms with Crippen molar-refractivity contribution < 1.29 is 14.3 Å². The topological polar surface area (TPSA) is 65.5 Å². The molecule has 0 aromatic heterocycles. The van der Waals surface area contributed by atoms with Gasteiger partial charge in [0.2, 0.25) is 0 Å². The van der Waals surface area contributed by atoms with Gasteiger partial charge in [-0.15, -0.1) is 0 Å². The third kappa shape index (κ3) is 3.98. The second kappa shape index (κ2) is 8.49. The zero-order chi connectivity index (χ0) is 22.1. The van der Waals surface area contributed by atoms with Crippen LogP contribution in [0.2, 0.25) is 0 Å². The quantitative estimate of drug-likeness (QED) is 0.693. The van der Waals surface area contributed by atoms with Gasteiger partial charge in [-0.1, -0.05) is 30.3 Å². The maximum absolute atomic E-state index is 13.2. The van der Waals surface area contributed by atoms with Crippen molar-refractivity contribution in [1.29, 1.82) is 0 Å². The molecule has 2 fully saturated rings. The summed E-state index contributed by atoms with van der Waals surface area (Å²) in [4.78, 5) is 28.8. The smallest absolute Gasteiger partial charge is 0.409 e. The van der Waals surface area contributed by atoms with E-state index in [1.165, 1.54) is 12.1 Å². The summed E-state index contributed by atoms with van der Waals surface area (Å²) in [7, 11) is 1.41. The van der Waals surface area contributed by atoms with Crippen LogP contribution >= 0.6 is 0 Å². The number of ether oxygens (including phenoxy) is 1. The molecule has 3 aliphatic rings. The average Bonchev–Trinajstić information content (AvgIpc) is 3.64. The number of amides is 2. The maximum Gasteiger partial charge on any atom is 0.409 e. The second-order valence-electron chi connectivity index (χ2n) is 8.31. The number of hydrogen-bond acceptors (Lipinski definition) is 5. The van der Waals surface area contributed by atoms with Crippen molar-refractivity contribution in [1.82, 2.24) is 4.90 Å². The lowest BCUT2D eigenvalue weighted by Crippen LogP contribution is -2.48. The van der Waals surface area contributed by atoms with Crippen molar-refractivity contribution in [2.24, 2.45) is 11.0 Å². The van der Waals surface area contributed by atoms with Gasteiger partial charge in [-0.2, -0.15) is 10.1 Å². The number of anilines is 2. The summed E-state index contributed by atoms with van der Waals surface area (Å²) in [6.07, 6.45) is 3.86. The highest BCUT2D eigenvalue weighted by Crippen LogP contribution is 2.38. The van der Waals surface area contributed by atoms with E-state index in [9.17, 15) is 9.59 Å². The Labute approximate surface area is 187 Å². The zero-order valence-corrected chi connectivity index (χ0v) is 18.1. The fourth-order valence-corrected chi connectivity index (χ4v) is 4.19. The predicted molar refractivity (Wildman–Crippen MR) is 125 cm³/mol. The van der Waals surface area contributed by atoms with Crippen LogP contribution in [0.15, 0.2) is 65.3 Å². The lowest BCUT2D eigenvalue weighted by atomic mass is 10.0. The summed E-state index contributed by atoms with van der Waals surface area (Å²) in [5.41, 5.74) is 4.48. The van der Waals surface area contributed by atoms with E-state index in [1.807, 2.05) is 48.5 Å². The molecule has 5 rings (SSSR count). The molecule has 0 unspecified atom stereocenters. The zero-order valence-electron chi connectivity index (χ0n) is 18.1. The van der Waals surface area contributed by atoms with Crippen LogP contribution in [0.5, 0.6) is 0 Å². The number of methoxy groups -OCH3 is 1. The number of carbonyl (C=O) groups is 2. The Balaban J connectivity index is 1.32. The molecular formula is C25H26N4O3. The average molecular weight is 431 g/mol. The molecule has 0 bridgehead atoms. The van der Waals surface area contributed by atoms with E-state index in [0.29, 0.717) is 24.6 Å². The van der Waals surface area contributed by atoms with E-state index < -0.39 is 0 Å². The molecule has 1 aliphatic carbocycles. The van der Waals surface area contributed by atoms with Crippen molar-refractivity contribution in [3.8, 4) is 0 Å². The van der Waals surface area contributed by atoms with E-state index in [1.54, 1.807) is 4.90 Å². The predicted octanol–water partition coefficient (Wildman–Crippen LogP) is 3.77. The van der Waals surface area contributed by atoms with Crippen LogP contribution in [0.4, 0.5) is 16.2 Å². The van der Waals surface area contributed by atoms with E-state index in [4.69, 9.17) is 4.74 Å². The SMILES string of the molecule is COC(=O)N1CCN(c2ccc(/C=C3\C(=O)N(c4ccccc4)N=C3C3CC3)cc2)CC1. The number of carbonyl (C=O) groups excluding carboxylic acids is 2. The largest absolute Gasteiger partial charge is 0.453 e. The van der Waals surface area contributed by atoms with Crippen molar-refractivity contribution >= 4 is 35.2 Å². The number of hydrazone groups is 1. The number of nitrogens with zero attached hydrogens (tertiary/aromatic N) is 4. The summed E-state index contributed by atoms with van der Waals surface area (Å²) in [6, 6.07) is 17.8. The Hall–Kier alpha value is -3.61. The summed E-state index contributed by atoms with van der Waals surface area (Å²) < 4.78 is 4.81.